The van der Waals surface area contributed by atoms with Crippen LogP contribution in [0.3, 0.4) is 0 Å². The van der Waals surface area contributed by atoms with E-state index in [0.717, 1.165) is 37.0 Å². The van der Waals surface area contributed by atoms with Crippen molar-refractivity contribution in [3.8, 4) is 0 Å². The molecule has 8 heteroatoms. The van der Waals surface area contributed by atoms with Gasteiger partial charge >= 0.3 is 0 Å². The van der Waals surface area contributed by atoms with Crippen LogP contribution in [-0.2, 0) is 6.54 Å². The van der Waals surface area contributed by atoms with Gasteiger partial charge in [0.2, 0.25) is 0 Å². The Bertz CT molecular complexity index is 966. The van der Waals surface area contributed by atoms with Crippen molar-refractivity contribution in [3.05, 3.63) is 51.4 Å². The summed E-state index contributed by atoms with van der Waals surface area (Å²) < 4.78 is 15.5. The number of hydrogen-bond donors (Lipinski definition) is 2. The highest BCUT2D eigenvalue weighted by atomic mass is 35.5. The van der Waals surface area contributed by atoms with Gasteiger partial charge in [-0.15, -0.1) is 0 Å². The van der Waals surface area contributed by atoms with Crippen molar-refractivity contribution in [2.75, 3.05) is 18.8 Å². The molecule has 2 aromatic heterocycles. The van der Waals surface area contributed by atoms with Gasteiger partial charge in [0.1, 0.15) is 11.3 Å². The lowest BCUT2D eigenvalue weighted by atomic mass is 9.91. The van der Waals surface area contributed by atoms with Crippen molar-refractivity contribution in [3.63, 3.8) is 0 Å². The van der Waals surface area contributed by atoms with E-state index in [4.69, 9.17) is 28.9 Å². The molecule has 0 radical (unpaired) electrons. The largest absolute Gasteiger partial charge is 0.380 e. The SMILES string of the molecule is Nc1nn(Cc2c(Cl)ccc(F)c2Cl)c2cc(C3CCNCC3)cnc12. The van der Waals surface area contributed by atoms with Crippen LogP contribution in [0, 0.1) is 5.82 Å². The lowest BCUT2D eigenvalue weighted by molar-refractivity contribution is 0.460. The second kappa shape index (κ2) is 7.02. The van der Waals surface area contributed by atoms with Crippen molar-refractivity contribution in [1.29, 1.82) is 0 Å². The summed E-state index contributed by atoms with van der Waals surface area (Å²) >= 11 is 12.3. The summed E-state index contributed by atoms with van der Waals surface area (Å²) in [5.41, 5.74) is 9.09. The molecular formula is C18H18Cl2FN5. The number of aromatic nitrogens is 3. The first kappa shape index (κ1) is 17.5. The van der Waals surface area contributed by atoms with Crippen LogP contribution in [0.15, 0.2) is 24.4 Å². The zero-order valence-corrected chi connectivity index (χ0v) is 15.5. The first-order valence-corrected chi connectivity index (χ1v) is 9.25. The number of halogens is 3. The maximum atomic E-state index is 13.8. The maximum Gasteiger partial charge on any atom is 0.172 e. The molecule has 3 aromatic rings. The molecule has 1 fully saturated rings. The summed E-state index contributed by atoms with van der Waals surface area (Å²) in [6.07, 6.45) is 4.01. The number of nitrogens with one attached hydrogen (secondary N) is 1. The fraction of sp³-hybridized carbons (Fsp3) is 0.333. The van der Waals surface area contributed by atoms with Crippen molar-refractivity contribution in [1.82, 2.24) is 20.1 Å². The van der Waals surface area contributed by atoms with Crippen molar-refractivity contribution >= 4 is 40.1 Å². The molecule has 3 N–H and O–H groups in total. The fourth-order valence-corrected chi connectivity index (χ4v) is 3.95. The van der Waals surface area contributed by atoms with Gasteiger partial charge in [0, 0.05) is 16.8 Å². The normalized spacial score (nSPS) is 15.7. The van der Waals surface area contributed by atoms with Crippen LogP contribution in [0.5, 0.6) is 0 Å². The van der Waals surface area contributed by atoms with Crippen LogP contribution in [0.1, 0.15) is 29.9 Å². The molecule has 0 saturated carbocycles. The third-order valence-corrected chi connectivity index (χ3v) is 5.66. The summed E-state index contributed by atoms with van der Waals surface area (Å²) in [5, 5.41) is 8.12. The van der Waals surface area contributed by atoms with Gasteiger partial charge in [0.05, 0.1) is 17.1 Å². The lowest BCUT2D eigenvalue weighted by Gasteiger charge is -2.22. The Labute approximate surface area is 160 Å². The Balaban J connectivity index is 1.76. The Kier molecular flexibility index (Phi) is 4.73. The lowest BCUT2D eigenvalue weighted by Crippen LogP contribution is -2.26. The van der Waals surface area contributed by atoms with E-state index in [0.29, 0.717) is 27.8 Å². The van der Waals surface area contributed by atoms with E-state index in [1.54, 1.807) is 4.68 Å². The number of nitrogen functional groups attached to an aromatic ring is 1. The van der Waals surface area contributed by atoms with Gasteiger partial charge in [-0.2, -0.15) is 5.10 Å². The molecular weight excluding hydrogens is 376 g/mol. The first-order valence-electron chi connectivity index (χ1n) is 8.49. The summed E-state index contributed by atoms with van der Waals surface area (Å²) in [6, 6.07) is 4.81. The highest BCUT2D eigenvalue weighted by Gasteiger charge is 2.19. The maximum absolute atomic E-state index is 13.8. The number of rotatable bonds is 3. The molecule has 4 rings (SSSR count). The quantitative estimate of drug-likeness (QED) is 0.660. The van der Waals surface area contributed by atoms with Crippen LogP contribution < -0.4 is 11.1 Å². The molecule has 0 bridgehead atoms. The fourth-order valence-electron chi connectivity index (χ4n) is 3.46. The van der Waals surface area contributed by atoms with Gasteiger partial charge in [0.25, 0.3) is 0 Å². The molecule has 0 spiro atoms. The van der Waals surface area contributed by atoms with Crippen molar-refractivity contribution in [2.45, 2.75) is 25.3 Å². The van der Waals surface area contributed by atoms with Crippen LogP contribution in [0.25, 0.3) is 11.0 Å². The number of nitrogens with zero attached hydrogens (tertiary/aromatic N) is 3. The minimum Gasteiger partial charge on any atom is -0.380 e. The molecule has 0 unspecified atom stereocenters. The second-order valence-corrected chi connectivity index (χ2v) is 7.31. The van der Waals surface area contributed by atoms with Gasteiger partial charge in [-0.3, -0.25) is 9.67 Å². The molecule has 5 nitrogen and oxygen atoms in total. The molecule has 3 heterocycles. The molecule has 0 atom stereocenters. The molecule has 1 aliphatic rings. The van der Waals surface area contributed by atoms with Crippen LogP contribution in [0.2, 0.25) is 10.0 Å². The van der Waals surface area contributed by atoms with Crippen molar-refractivity contribution < 1.29 is 4.39 Å². The van der Waals surface area contributed by atoms with E-state index in [1.165, 1.54) is 12.1 Å². The number of benzene rings is 1. The minimum absolute atomic E-state index is 0.00203. The van der Waals surface area contributed by atoms with E-state index in [2.05, 4.69) is 21.5 Å². The highest BCUT2D eigenvalue weighted by molar-refractivity contribution is 6.36. The summed E-state index contributed by atoms with van der Waals surface area (Å²) in [6.45, 7) is 2.22. The Hall–Kier alpha value is -1.89. The molecule has 0 amide bonds. The van der Waals surface area contributed by atoms with E-state index in [-0.39, 0.29) is 11.6 Å². The van der Waals surface area contributed by atoms with E-state index < -0.39 is 5.82 Å². The van der Waals surface area contributed by atoms with Gasteiger partial charge in [-0.05, 0) is 55.6 Å². The Morgan fingerprint density at radius 2 is 2.04 bits per heavy atom. The van der Waals surface area contributed by atoms with Crippen LogP contribution in [0.4, 0.5) is 10.2 Å². The monoisotopic (exact) mass is 393 g/mol. The average molecular weight is 394 g/mol. The standard InChI is InChI=1S/C18H18Cl2FN5/c19-13-1-2-14(21)16(20)12(13)9-26-15-7-11(10-3-5-23-6-4-10)8-24-17(15)18(22)25-26/h1-2,7-8,10,23H,3-6,9H2,(H2,22,25). The number of pyridine rings is 1. The third-order valence-electron chi connectivity index (χ3n) is 4.90. The number of piperidine rings is 1. The van der Waals surface area contributed by atoms with Gasteiger partial charge < -0.3 is 11.1 Å². The number of fused-ring (bicyclic) bond motifs is 1. The third kappa shape index (κ3) is 3.13. The van der Waals surface area contributed by atoms with Gasteiger partial charge in [0.15, 0.2) is 5.82 Å². The van der Waals surface area contributed by atoms with E-state index in [1.807, 2.05) is 6.20 Å². The van der Waals surface area contributed by atoms with Crippen molar-refractivity contribution in [2.24, 2.45) is 0 Å². The molecule has 1 aromatic carbocycles. The Morgan fingerprint density at radius 1 is 1.27 bits per heavy atom. The zero-order chi connectivity index (χ0) is 18.3. The molecule has 136 valence electrons. The number of hydrogen-bond acceptors (Lipinski definition) is 4. The predicted octanol–water partition coefficient (Wildman–Crippen LogP) is 3.97. The Morgan fingerprint density at radius 3 is 2.81 bits per heavy atom. The molecule has 1 aliphatic heterocycles. The van der Waals surface area contributed by atoms with Gasteiger partial charge in [-0.1, -0.05) is 23.2 Å². The first-order chi connectivity index (χ1) is 12.5. The summed E-state index contributed by atoms with van der Waals surface area (Å²) in [4.78, 5) is 4.51. The van der Waals surface area contributed by atoms with Crippen LogP contribution >= 0.6 is 23.2 Å². The zero-order valence-electron chi connectivity index (χ0n) is 14.0. The molecule has 26 heavy (non-hydrogen) atoms. The smallest absolute Gasteiger partial charge is 0.172 e. The average Bonchev–Trinajstić information content (AvgIpc) is 2.98. The molecule has 1 saturated heterocycles. The number of nitrogens with two attached hydrogens (primary N) is 1. The summed E-state index contributed by atoms with van der Waals surface area (Å²) in [5.74, 6) is 0.281. The number of anilines is 1. The van der Waals surface area contributed by atoms with E-state index >= 15 is 0 Å². The van der Waals surface area contributed by atoms with E-state index in [9.17, 15) is 4.39 Å². The van der Waals surface area contributed by atoms with Gasteiger partial charge in [-0.25, -0.2) is 4.39 Å². The predicted molar refractivity (Wildman–Crippen MR) is 102 cm³/mol. The second-order valence-electron chi connectivity index (χ2n) is 6.53. The summed E-state index contributed by atoms with van der Waals surface area (Å²) in [7, 11) is 0. The highest BCUT2D eigenvalue weighted by Crippen LogP contribution is 2.31. The van der Waals surface area contributed by atoms with Crippen LogP contribution in [-0.4, -0.2) is 27.9 Å². The topological polar surface area (TPSA) is 68.8 Å². The molecule has 0 aliphatic carbocycles. The minimum atomic E-state index is -0.510.